The van der Waals surface area contributed by atoms with Gasteiger partial charge in [-0.2, -0.15) is 0 Å². The van der Waals surface area contributed by atoms with Crippen molar-refractivity contribution in [2.75, 3.05) is 23.9 Å². The second kappa shape index (κ2) is 7.74. The van der Waals surface area contributed by atoms with Gasteiger partial charge in [0.15, 0.2) is 0 Å². The minimum absolute atomic E-state index is 0.113. The molecule has 0 spiro atoms. The number of hydrogen-bond acceptors (Lipinski definition) is 5. The molecule has 0 atom stereocenters. The number of carbonyl (C=O) groups is 2. The highest BCUT2D eigenvalue weighted by atomic mass is 32.2. The van der Waals surface area contributed by atoms with Crippen molar-refractivity contribution in [3.63, 3.8) is 0 Å². The summed E-state index contributed by atoms with van der Waals surface area (Å²) in [6, 6.07) is 17.9. The van der Waals surface area contributed by atoms with Crippen LogP contribution in [0.2, 0.25) is 0 Å². The summed E-state index contributed by atoms with van der Waals surface area (Å²) in [6.45, 7) is -0.113. The summed E-state index contributed by atoms with van der Waals surface area (Å²) in [5.74, 6) is 0.187. The second-order valence-corrected chi connectivity index (χ2v) is 7.12. The fourth-order valence-electron chi connectivity index (χ4n) is 2.93. The number of nitrogens with one attached hydrogen (secondary N) is 1. The normalized spacial score (nSPS) is 12.6. The van der Waals surface area contributed by atoms with E-state index in [0.717, 1.165) is 4.90 Å². The molecule has 1 aliphatic rings. The van der Waals surface area contributed by atoms with E-state index in [2.05, 4.69) is 10.3 Å². The zero-order chi connectivity index (χ0) is 19.5. The topological polar surface area (TPSA) is 71.5 Å². The molecule has 2 amide bonds. The number of carbonyl (C=O) groups excluding carboxylic acids is 2. The number of aromatic nitrogens is 1. The Balaban J connectivity index is 1.61. The summed E-state index contributed by atoms with van der Waals surface area (Å²) in [7, 11) is 1.58. The van der Waals surface area contributed by atoms with E-state index >= 15 is 0 Å². The number of rotatable bonds is 4. The van der Waals surface area contributed by atoms with Crippen molar-refractivity contribution in [3.05, 3.63) is 72.4 Å². The number of hydrogen-bond donors (Lipinski definition) is 1. The predicted octanol–water partition coefficient (Wildman–Crippen LogP) is 3.84. The maximum absolute atomic E-state index is 13.2. The molecule has 0 unspecified atom stereocenters. The summed E-state index contributed by atoms with van der Waals surface area (Å²) in [5.41, 5.74) is 1.82. The first-order chi connectivity index (χ1) is 13.7. The van der Waals surface area contributed by atoms with E-state index in [1.165, 1.54) is 16.7 Å². The third kappa shape index (κ3) is 3.57. The van der Waals surface area contributed by atoms with E-state index in [0.29, 0.717) is 27.7 Å². The molecule has 0 aliphatic carbocycles. The lowest BCUT2D eigenvalue weighted by atomic mass is 10.2. The van der Waals surface area contributed by atoms with E-state index in [-0.39, 0.29) is 18.4 Å². The average molecular weight is 391 g/mol. The van der Waals surface area contributed by atoms with E-state index in [4.69, 9.17) is 4.74 Å². The molecule has 140 valence electrons. The quantitative estimate of drug-likeness (QED) is 0.732. The number of ether oxygens (including phenoxy) is 1. The monoisotopic (exact) mass is 391 g/mol. The molecule has 4 rings (SSSR count). The Kier molecular flexibility index (Phi) is 4.99. The number of pyridine rings is 1. The summed E-state index contributed by atoms with van der Waals surface area (Å²) >= 11 is 1.43. The first-order valence-electron chi connectivity index (χ1n) is 8.63. The molecule has 6 nitrogen and oxygen atoms in total. The van der Waals surface area contributed by atoms with Gasteiger partial charge in [0.1, 0.15) is 17.3 Å². The molecule has 0 saturated carbocycles. The average Bonchev–Trinajstić information content (AvgIpc) is 2.84. The molecule has 3 aromatic rings. The van der Waals surface area contributed by atoms with E-state index < -0.39 is 0 Å². The first-order valence-corrected chi connectivity index (χ1v) is 9.45. The molecule has 1 N–H and O–H groups in total. The number of benzene rings is 2. The van der Waals surface area contributed by atoms with Crippen LogP contribution >= 0.6 is 11.8 Å². The van der Waals surface area contributed by atoms with Crippen LogP contribution in [0.5, 0.6) is 5.75 Å². The van der Waals surface area contributed by atoms with E-state index in [1.807, 2.05) is 18.2 Å². The molecule has 1 aromatic heterocycles. The van der Waals surface area contributed by atoms with Crippen LogP contribution in [0.15, 0.2) is 76.8 Å². The molecule has 7 heteroatoms. The van der Waals surface area contributed by atoms with Crippen LogP contribution in [0.3, 0.4) is 0 Å². The number of nitrogens with zero attached hydrogens (tertiary/aromatic N) is 2. The third-order valence-electron chi connectivity index (χ3n) is 4.29. The van der Waals surface area contributed by atoms with Crippen molar-refractivity contribution >= 4 is 35.0 Å². The highest BCUT2D eigenvalue weighted by molar-refractivity contribution is 7.99. The fraction of sp³-hybridized carbons (Fsp3) is 0.0952. The second-order valence-electron chi connectivity index (χ2n) is 6.09. The Morgan fingerprint density at radius 3 is 2.68 bits per heavy atom. The van der Waals surface area contributed by atoms with Crippen molar-refractivity contribution in [3.8, 4) is 5.75 Å². The van der Waals surface area contributed by atoms with Gasteiger partial charge < -0.3 is 10.1 Å². The highest BCUT2D eigenvalue weighted by Crippen LogP contribution is 2.39. The number of methoxy groups -OCH3 is 1. The standard InChI is InChI=1S/C21H17N3O3S/c1-27-15-10-8-14(9-11-15)23-19(25)13-24-17-6-4-12-22-20(17)28-18-7-3-2-5-16(18)21(24)26/h2-12H,13H2,1H3,(H,23,25). The molecule has 0 radical (unpaired) electrons. The minimum atomic E-state index is -0.294. The Labute approximate surface area is 166 Å². The van der Waals surface area contributed by atoms with Crippen LogP contribution in [0.4, 0.5) is 11.4 Å². The molecule has 0 bridgehead atoms. The molecule has 1 aliphatic heterocycles. The third-order valence-corrected chi connectivity index (χ3v) is 5.37. The number of anilines is 2. The van der Waals surface area contributed by atoms with Crippen molar-refractivity contribution in [2.24, 2.45) is 0 Å². The lowest BCUT2D eigenvalue weighted by Gasteiger charge is -2.22. The van der Waals surface area contributed by atoms with Gasteiger partial charge in [-0.1, -0.05) is 23.9 Å². The Bertz CT molecular complexity index is 1040. The van der Waals surface area contributed by atoms with Crippen LogP contribution in [0.25, 0.3) is 0 Å². The molecule has 0 fully saturated rings. The lowest BCUT2D eigenvalue weighted by molar-refractivity contribution is -0.114. The zero-order valence-corrected chi connectivity index (χ0v) is 15.9. The van der Waals surface area contributed by atoms with Gasteiger partial charge in [-0.25, -0.2) is 4.98 Å². The minimum Gasteiger partial charge on any atom is -0.497 e. The van der Waals surface area contributed by atoms with Crippen molar-refractivity contribution in [1.82, 2.24) is 4.98 Å². The van der Waals surface area contributed by atoms with Gasteiger partial charge in [0, 0.05) is 16.8 Å². The van der Waals surface area contributed by atoms with Gasteiger partial charge in [0.2, 0.25) is 5.91 Å². The summed E-state index contributed by atoms with van der Waals surface area (Å²) in [5, 5.41) is 3.51. The van der Waals surface area contributed by atoms with Gasteiger partial charge in [0.25, 0.3) is 5.91 Å². The lowest BCUT2D eigenvalue weighted by Crippen LogP contribution is -2.38. The number of fused-ring (bicyclic) bond motifs is 2. The van der Waals surface area contributed by atoms with Crippen molar-refractivity contribution < 1.29 is 14.3 Å². The predicted molar refractivity (Wildman–Crippen MR) is 108 cm³/mol. The van der Waals surface area contributed by atoms with Gasteiger partial charge in [-0.3, -0.25) is 14.5 Å². The molecule has 0 saturated heterocycles. The highest BCUT2D eigenvalue weighted by Gasteiger charge is 2.29. The molecule has 2 heterocycles. The van der Waals surface area contributed by atoms with Crippen LogP contribution in [-0.4, -0.2) is 30.5 Å². The van der Waals surface area contributed by atoms with Crippen LogP contribution in [0.1, 0.15) is 10.4 Å². The van der Waals surface area contributed by atoms with Crippen LogP contribution in [-0.2, 0) is 4.79 Å². The molecular formula is C21H17N3O3S. The zero-order valence-electron chi connectivity index (χ0n) is 15.1. The first kappa shape index (κ1) is 18.1. The maximum Gasteiger partial charge on any atom is 0.259 e. The van der Waals surface area contributed by atoms with Crippen LogP contribution < -0.4 is 15.0 Å². The SMILES string of the molecule is COc1ccc(NC(=O)CN2C(=O)c3ccccc3Sc3ncccc32)cc1. The number of amides is 2. The molecular weight excluding hydrogens is 374 g/mol. The van der Waals surface area contributed by atoms with E-state index in [1.54, 1.807) is 55.8 Å². The molecule has 28 heavy (non-hydrogen) atoms. The smallest absolute Gasteiger partial charge is 0.259 e. The summed E-state index contributed by atoms with van der Waals surface area (Å²) in [4.78, 5) is 32.5. The summed E-state index contributed by atoms with van der Waals surface area (Å²) in [6.07, 6.45) is 1.68. The molecule has 2 aromatic carbocycles. The van der Waals surface area contributed by atoms with Gasteiger partial charge >= 0.3 is 0 Å². The fourth-order valence-corrected chi connectivity index (χ4v) is 3.95. The Hall–Kier alpha value is -3.32. The maximum atomic E-state index is 13.2. The van der Waals surface area contributed by atoms with Gasteiger partial charge in [-0.05, 0) is 48.5 Å². The summed E-state index contributed by atoms with van der Waals surface area (Å²) < 4.78 is 5.12. The largest absolute Gasteiger partial charge is 0.497 e. The van der Waals surface area contributed by atoms with Crippen molar-refractivity contribution in [1.29, 1.82) is 0 Å². The van der Waals surface area contributed by atoms with Crippen LogP contribution in [0, 0.1) is 0 Å². The Morgan fingerprint density at radius 1 is 1.11 bits per heavy atom. The van der Waals surface area contributed by atoms with Gasteiger partial charge in [0.05, 0.1) is 18.4 Å². The van der Waals surface area contributed by atoms with E-state index in [9.17, 15) is 9.59 Å². The van der Waals surface area contributed by atoms with Gasteiger partial charge in [-0.15, -0.1) is 0 Å². The Morgan fingerprint density at radius 2 is 1.89 bits per heavy atom. The van der Waals surface area contributed by atoms with Crippen molar-refractivity contribution in [2.45, 2.75) is 9.92 Å².